The molecule has 0 bridgehead atoms. The zero-order valence-corrected chi connectivity index (χ0v) is 9.65. The van der Waals surface area contributed by atoms with Crippen molar-refractivity contribution in [1.29, 1.82) is 0 Å². The summed E-state index contributed by atoms with van der Waals surface area (Å²) < 4.78 is 38.4. The Hall–Kier alpha value is -1.92. The Labute approximate surface area is 101 Å². The van der Waals surface area contributed by atoms with Gasteiger partial charge in [0.05, 0.1) is 0 Å². The maximum absolute atomic E-state index is 12.4. The van der Waals surface area contributed by atoms with Gasteiger partial charge in [-0.2, -0.15) is 13.2 Å². The third kappa shape index (κ3) is 2.85. The zero-order chi connectivity index (χ0) is 13.2. The highest BCUT2D eigenvalue weighted by Crippen LogP contribution is 2.22. The van der Waals surface area contributed by atoms with Gasteiger partial charge in [-0.05, 0) is 19.1 Å². The van der Waals surface area contributed by atoms with E-state index in [4.69, 9.17) is 0 Å². The minimum Gasteiger partial charge on any atom is -0.253 e. The van der Waals surface area contributed by atoms with Crippen molar-refractivity contribution in [2.75, 3.05) is 0 Å². The van der Waals surface area contributed by atoms with E-state index in [9.17, 15) is 13.2 Å². The van der Waals surface area contributed by atoms with Crippen molar-refractivity contribution >= 4 is 0 Å². The molecule has 4 nitrogen and oxygen atoms in total. The Kier molecular flexibility index (Phi) is 3.31. The second kappa shape index (κ2) is 4.75. The van der Waals surface area contributed by atoms with E-state index in [1.807, 2.05) is 0 Å². The summed E-state index contributed by atoms with van der Waals surface area (Å²) in [4.78, 5) is 7.92. The molecule has 0 amide bonds. The number of aryl methyl sites for hydroxylation is 1. The summed E-state index contributed by atoms with van der Waals surface area (Å²) in [5.74, 6) is 0.127. The van der Waals surface area contributed by atoms with Gasteiger partial charge in [0, 0.05) is 12.7 Å². The van der Waals surface area contributed by atoms with Crippen molar-refractivity contribution in [1.82, 2.24) is 19.7 Å². The van der Waals surface area contributed by atoms with E-state index in [2.05, 4.69) is 15.1 Å². The number of aromatic nitrogens is 4. The van der Waals surface area contributed by atoms with Crippen LogP contribution in [0.3, 0.4) is 0 Å². The third-order valence-corrected chi connectivity index (χ3v) is 2.30. The van der Waals surface area contributed by atoms with Crippen LogP contribution < -0.4 is 0 Å². The van der Waals surface area contributed by atoms with E-state index in [1.165, 1.54) is 4.68 Å². The lowest BCUT2D eigenvalue weighted by Crippen LogP contribution is -2.16. The number of alkyl halides is 3. The molecule has 0 aliphatic carbocycles. The minimum atomic E-state index is -4.29. The van der Waals surface area contributed by atoms with Gasteiger partial charge in [-0.25, -0.2) is 9.67 Å². The Balaban J connectivity index is 2.35. The van der Waals surface area contributed by atoms with Crippen molar-refractivity contribution < 1.29 is 13.2 Å². The number of nitrogens with zero attached hydrogens (tertiary/aromatic N) is 4. The molecule has 0 aromatic carbocycles. The van der Waals surface area contributed by atoms with E-state index in [0.717, 1.165) is 0 Å². The van der Waals surface area contributed by atoms with Crippen LogP contribution in [0.15, 0.2) is 24.4 Å². The first-order chi connectivity index (χ1) is 8.49. The molecule has 0 aliphatic heterocycles. The first kappa shape index (κ1) is 12.5. The second-order valence-electron chi connectivity index (χ2n) is 3.67. The number of halogens is 3. The standard InChI is InChI=1S/C11H11F3N4/c1-2-18-9(7-11(12,13)14)16-10(17-18)8-5-3-4-6-15-8/h3-6H,2,7H2,1H3. The summed E-state index contributed by atoms with van der Waals surface area (Å²) in [6.07, 6.45) is -3.83. The highest BCUT2D eigenvalue weighted by atomic mass is 19.4. The van der Waals surface area contributed by atoms with Gasteiger partial charge >= 0.3 is 6.18 Å². The molecule has 0 atom stereocenters. The van der Waals surface area contributed by atoms with Gasteiger partial charge in [0.1, 0.15) is 17.9 Å². The van der Waals surface area contributed by atoms with Crippen LogP contribution in [-0.4, -0.2) is 25.9 Å². The molecule has 0 N–H and O–H groups in total. The predicted molar refractivity (Wildman–Crippen MR) is 58.7 cm³/mol. The largest absolute Gasteiger partial charge is 0.396 e. The molecule has 7 heteroatoms. The van der Waals surface area contributed by atoms with Gasteiger partial charge in [0.2, 0.25) is 0 Å². The molecule has 0 unspecified atom stereocenters. The molecular formula is C11H11F3N4. The van der Waals surface area contributed by atoms with E-state index in [1.54, 1.807) is 31.3 Å². The van der Waals surface area contributed by atoms with Crippen molar-refractivity contribution in [3.63, 3.8) is 0 Å². The number of pyridine rings is 1. The van der Waals surface area contributed by atoms with Gasteiger partial charge < -0.3 is 0 Å². The van der Waals surface area contributed by atoms with Gasteiger partial charge in [0.25, 0.3) is 0 Å². The Morgan fingerprint density at radius 1 is 1.28 bits per heavy atom. The van der Waals surface area contributed by atoms with Crippen LogP contribution in [0.1, 0.15) is 12.7 Å². The fourth-order valence-corrected chi connectivity index (χ4v) is 1.54. The van der Waals surface area contributed by atoms with Gasteiger partial charge in [-0.15, -0.1) is 5.10 Å². The molecule has 2 heterocycles. The SMILES string of the molecule is CCn1nc(-c2ccccn2)nc1CC(F)(F)F. The van der Waals surface area contributed by atoms with Crippen LogP contribution in [0, 0.1) is 0 Å². The third-order valence-electron chi connectivity index (χ3n) is 2.30. The average molecular weight is 256 g/mol. The van der Waals surface area contributed by atoms with Gasteiger partial charge in [-0.1, -0.05) is 6.07 Å². The van der Waals surface area contributed by atoms with Crippen molar-refractivity contribution in [3.8, 4) is 11.5 Å². The Bertz CT molecular complexity index is 519. The van der Waals surface area contributed by atoms with Gasteiger partial charge in [0.15, 0.2) is 5.82 Å². The fourth-order valence-electron chi connectivity index (χ4n) is 1.54. The molecule has 0 aliphatic rings. The lowest BCUT2D eigenvalue weighted by molar-refractivity contribution is -0.129. The van der Waals surface area contributed by atoms with E-state index >= 15 is 0 Å². The number of rotatable bonds is 3. The second-order valence-corrected chi connectivity index (χ2v) is 3.67. The van der Waals surface area contributed by atoms with Crippen LogP contribution >= 0.6 is 0 Å². The number of hydrogen-bond acceptors (Lipinski definition) is 3. The molecule has 0 fully saturated rings. The topological polar surface area (TPSA) is 43.6 Å². The van der Waals surface area contributed by atoms with E-state index < -0.39 is 12.6 Å². The average Bonchev–Trinajstić information content (AvgIpc) is 2.71. The predicted octanol–water partition coefficient (Wildman–Crippen LogP) is 2.46. The van der Waals surface area contributed by atoms with Crippen molar-refractivity contribution in [2.24, 2.45) is 0 Å². The number of hydrogen-bond donors (Lipinski definition) is 0. The maximum atomic E-state index is 12.4. The van der Waals surface area contributed by atoms with Crippen molar-refractivity contribution in [3.05, 3.63) is 30.2 Å². The Morgan fingerprint density at radius 3 is 2.61 bits per heavy atom. The van der Waals surface area contributed by atoms with Crippen LogP contribution in [0.5, 0.6) is 0 Å². The lowest BCUT2D eigenvalue weighted by atomic mass is 10.3. The summed E-state index contributed by atoms with van der Waals surface area (Å²) in [6, 6.07) is 5.11. The quantitative estimate of drug-likeness (QED) is 0.847. The first-order valence-corrected chi connectivity index (χ1v) is 5.41. The molecule has 0 saturated carbocycles. The fraction of sp³-hybridized carbons (Fsp3) is 0.364. The monoisotopic (exact) mass is 256 g/mol. The summed E-state index contributed by atoms with van der Waals surface area (Å²) in [6.45, 7) is 2.06. The lowest BCUT2D eigenvalue weighted by Gasteiger charge is -2.05. The van der Waals surface area contributed by atoms with Crippen LogP contribution in [0.2, 0.25) is 0 Å². The molecule has 0 saturated heterocycles. The van der Waals surface area contributed by atoms with Gasteiger partial charge in [-0.3, -0.25) is 4.98 Å². The zero-order valence-electron chi connectivity index (χ0n) is 9.65. The maximum Gasteiger partial charge on any atom is 0.396 e. The molecule has 2 rings (SSSR count). The molecule has 18 heavy (non-hydrogen) atoms. The first-order valence-electron chi connectivity index (χ1n) is 5.41. The van der Waals surface area contributed by atoms with Crippen LogP contribution in [0.4, 0.5) is 13.2 Å². The molecule has 0 radical (unpaired) electrons. The normalized spacial score (nSPS) is 11.8. The highest BCUT2D eigenvalue weighted by molar-refractivity contribution is 5.47. The van der Waals surface area contributed by atoms with Crippen molar-refractivity contribution in [2.45, 2.75) is 26.1 Å². The molecular weight excluding hydrogens is 245 g/mol. The molecule has 0 spiro atoms. The highest BCUT2D eigenvalue weighted by Gasteiger charge is 2.31. The summed E-state index contributed by atoms with van der Waals surface area (Å²) >= 11 is 0. The van der Waals surface area contributed by atoms with E-state index in [0.29, 0.717) is 12.2 Å². The van der Waals surface area contributed by atoms with Crippen LogP contribution in [-0.2, 0) is 13.0 Å². The minimum absolute atomic E-state index is 0.0920. The summed E-state index contributed by atoms with van der Waals surface area (Å²) in [7, 11) is 0. The molecule has 2 aromatic rings. The van der Waals surface area contributed by atoms with E-state index in [-0.39, 0.29) is 11.6 Å². The smallest absolute Gasteiger partial charge is 0.253 e. The molecule has 2 aromatic heterocycles. The summed E-state index contributed by atoms with van der Waals surface area (Å²) in [5.41, 5.74) is 0.466. The summed E-state index contributed by atoms with van der Waals surface area (Å²) in [5, 5.41) is 4.03. The van der Waals surface area contributed by atoms with Crippen LogP contribution in [0.25, 0.3) is 11.5 Å². The Morgan fingerprint density at radius 2 is 2.06 bits per heavy atom. The molecule has 96 valence electrons.